The van der Waals surface area contributed by atoms with Gasteiger partial charge in [-0.25, -0.2) is 9.37 Å². The molecule has 3 rings (SSSR count). The third-order valence-corrected chi connectivity index (χ3v) is 4.39. The lowest BCUT2D eigenvalue weighted by molar-refractivity contribution is -0.115. The van der Waals surface area contributed by atoms with Crippen LogP contribution in [0.15, 0.2) is 36.5 Å². The number of rotatable bonds is 6. The Morgan fingerprint density at radius 3 is 2.92 bits per heavy atom. The van der Waals surface area contributed by atoms with Gasteiger partial charge in [0.05, 0.1) is 18.0 Å². The zero-order chi connectivity index (χ0) is 18.5. The molecule has 26 heavy (non-hydrogen) atoms. The molecule has 1 aliphatic rings. The quantitative estimate of drug-likeness (QED) is 0.860. The van der Waals surface area contributed by atoms with Crippen molar-refractivity contribution in [2.45, 2.75) is 13.0 Å². The summed E-state index contributed by atoms with van der Waals surface area (Å²) in [5.41, 5.74) is 2.36. The summed E-state index contributed by atoms with van der Waals surface area (Å²) < 4.78 is 18.6. The highest BCUT2D eigenvalue weighted by Crippen LogP contribution is 2.30. The van der Waals surface area contributed by atoms with Crippen molar-refractivity contribution < 1.29 is 13.9 Å². The molecular weight excluding hydrogens is 335 g/mol. The zero-order valence-corrected chi connectivity index (χ0v) is 15.0. The van der Waals surface area contributed by atoms with E-state index in [4.69, 9.17) is 4.74 Å². The van der Waals surface area contributed by atoms with Crippen LogP contribution in [0.1, 0.15) is 12.0 Å². The molecule has 0 spiro atoms. The predicted molar refractivity (Wildman–Crippen MR) is 100 cm³/mol. The van der Waals surface area contributed by atoms with Crippen molar-refractivity contribution in [3.8, 4) is 0 Å². The Labute approximate surface area is 152 Å². The maximum atomic E-state index is 13.5. The number of fused-ring (bicyclic) bond motifs is 1. The predicted octanol–water partition coefficient (Wildman–Crippen LogP) is 2.65. The number of aromatic nitrogens is 1. The number of likely N-dealkylation sites (N-methyl/N-ethyl adjacent to an activating group) is 1. The van der Waals surface area contributed by atoms with E-state index in [9.17, 15) is 9.18 Å². The number of carbonyl (C=O) groups is 1. The van der Waals surface area contributed by atoms with Crippen LogP contribution < -0.4 is 15.1 Å². The molecule has 2 aromatic rings. The van der Waals surface area contributed by atoms with Gasteiger partial charge in [0.15, 0.2) is 0 Å². The van der Waals surface area contributed by atoms with Gasteiger partial charge < -0.3 is 19.9 Å². The molecule has 0 fully saturated rings. The average molecular weight is 358 g/mol. The van der Waals surface area contributed by atoms with Gasteiger partial charge in [0.1, 0.15) is 11.6 Å². The van der Waals surface area contributed by atoms with Crippen LogP contribution in [0.2, 0.25) is 0 Å². The molecule has 0 unspecified atom stereocenters. The van der Waals surface area contributed by atoms with Gasteiger partial charge in [-0.3, -0.25) is 4.79 Å². The number of hydrogen-bond acceptors (Lipinski definition) is 5. The molecule has 138 valence electrons. The molecule has 1 aromatic carbocycles. The molecule has 0 saturated heterocycles. The highest BCUT2D eigenvalue weighted by molar-refractivity contribution is 5.96. The van der Waals surface area contributed by atoms with Crippen LogP contribution >= 0.6 is 0 Å². The van der Waals surface area contributed by atoms with Gasteiger partial charge in [0.25, 0.3) is 0 Å². The van der Waals surface area contributed by atoms with Crippen molar-refractivity contribution in [1.29, 1.82) is 0 Å². The highest BCUT2D eigenvalue weighted by atomic mass is 19.1. The Kier molecular flexibility index (Phi) is 5.68. The van der Waals surface area contributed by atoms with E-state index in [0.29, 0.717) is 31.8 Å². The zero-order valence-electron chi connectivity index (χ0n) is 15.0. The number of methoxy groups -OCH3 is 1. The monoisotopic (exact) mass is 358 g/mol. The first-order chi connectivity index (χ1) is 12.6. The lowest BCUT2D eigenvalue weighted by atomic mass is 10.2. The lowest BCUT2D eigenvalue weighted by Crippen LogP contribution is -2.25. The van der Waals surface area contributed by atoms with Gasteiger partial charge in [-0.2, -0.15) is 0 Å². The van der Waals surface area contributed by atoms with E-state index >= 15 is 0 Å². The minimum Gasteiger partial charge on any atom is -0.383 e. The largest absolute Gasteiger partial charge is 0.383 e. The number of benzene rings is 1. The number of amides is 1. The molecule has 1 amide bonds. The number of carbonyl (C=O) groups excluding carboxylic acids is 1. The summed E-state index contributed by atoms with van der Waals surface area (Å²) in [5.74, 6) is 0.407. The lowest BCUT2D eigenvalue weighted by Gasteiger charge is -2.24. The summed E-state index contributed by atoms with van der Waals surface area (Å²) in [6.45, 7) is 2.58. The second kappa shape index (κ2) is 8.14. The molecule has 7 heteroatoms. The number of hydrogen-bond donors (Lipinski definition) is 1. The SMILES string of the molecule is COCCN(C)c1ccc(CN2CCC(=O)Nc3cc(F)ccc32)cn1. The molecule has 6 nitrogen and oxygen atoms in total. The van der Waals surface area contributed by atoms with E-state index in [2.05, 4.69) is 15.2 Å². The third-order valence-electron chi connectivity index (χ3n) is 4.39. The van der Waals surface area contributed by atoms with Crippen molar-refractivity contribution in [3.63, 3.8) is 0 Å². The summed E-state index contributed by atoms with van der Waals surface area (Å²) in [5, 5.41) is 2.77. The first kappa shape index (κ1) is 18.1. The van der Waals surface area contributed by atoms with Gasteiger partial charge in [-0.15, -0.1) is 0 Å². The van der Waals surface area contributed by atoms with E-state index in [1.165, 1.54) is 12.1 Å². The van der Waals surface area contributed by atoms with Crippen LogP contribution in [0.4, 0.5) is 21.6 Å². The Hall–Kier alpha value is -2.67. The van der Waals surface area contributed by atoms with Gasteiger partial charge in [-0.1, -0.05) is 6.07 Å². The maximum Gasteiger partial charge on any atom is 0.226 e. The van der Waals surface area contributed by atoms with Gasteiger partial charge in [-0.05, 0) is 29.8 Å². The van der Waals surface area contributed by atoms with E-state index in [1.54, 1.807) is 13.2 Å². The highest BCUT2D eigenvalue weighted by Gasteiger charge is 2.20. The van der Waals surface area contributed by atoms with E-state index in [-0.39, 0.29) is 11.7 Å². The molecule has 0 atom stereocenters. The second-order valence-corrected chi connectivity index (χ2v) is 6.32. The maximum absolute atomic E-state index is 13.5. The molecule has 1 aliphatic heterocycles. The van der Waals surface area contributed by atoms with Crippen LogP contribution in [-0.2, 0) is 16.1 Å². The Morgan fingerprint density at radius 2 is 2.19 bits per heavy atom. The standard InChI is InChI=1S/C19H23FN4O2/c1-23(9-10-26-2)18-6-3-14(12-21-18)13-24-8-7-19(25)22-16-11-15(20)4-5-17(16)24/h3-6,11-12H,7-10,13H2,1-2H3,(H,22,25). The molecule has 0 bridgehead atoms. The molecule has 0 aliphatic carbocycles. The van der Waals surface area contributed by atoms with Crippen molar-refractivity contribution in [2.24, 2.45) is 0 Å². The minimum absolute atomic E-state index is 0.104. The summed E-state index contributed by atoms with van der Waals surface area (Å²) in [4.78, 5) is 20.5. The summed E-state index contributed by atoms with van der Waals surface area (Å²) in [6, 6.07) is 8.47. The van der Waals surface area contributed by atoms with E-state index in [0.717, 1.165) is 23.6 Å². The Bertz CT molecular complexity index is 767. The topological polar surface area (TPSA) is 57.7 Å². The van der Waals surface area contributed by atoms with Gasteiger partial charge in [0, 0.05) is 46.4 Å². The van der Waals surface area contributed by atoms with Crippen LogP contribution in [0.3, 0.4) is 0 Å². The van der Waals surface area contributed by atoms with Crippen molar-refractivity contribution in [3.05, 3.63) is 47.9 Å². The fraction of sp³-hybridized carbons (Fsp3) is 0.368. The van der Waals surface area contributed by atoms with Crippen molar-refractivity contribution in [1.82, 2.24) is 4.98 Å². The first-order valence-electron chi connectivity index (χ1n) is 8.56. The van der Waals surface area contributed by atoms with Crippen LogP contribution in [-0.4, -0.2) is 44.7 Å². The second-order valence-electron chi connectivity index (χ2n) is 6.32. The summed E-state index contributed by atoms with van der Waals surface area (Å²) in [7, 11) is 3.65. The molecule has 2 heterocycles. The fourth-order valence-electron chi connectivity index (χ4n) is 2.92. The third kappa shape index (κ3) is 4.29. The smallest absolute Gasteiger partial charge is 0.226 e. The van der Waals surface area contributed by atoms with Gasteiger partial charge in [0.2, 0.25) is 5.91 Å². The molecule has 0 saturated carbocycles. The van der Waals surface area contributed by atoms with E-state index < -0.39 is 0 Å². The fourth-order valence-corrected chi connectivity index (χ4v) is 2.92. The Balaban J connectivity index is 1.75. The number of halogens is 1. The molecular formula is C19H23FN4O2. The summed E-state index contributed by atoms with van der Waals surface area (Å²) >= 11 is 0. The first-order valence-corrected chi connectivity index (χ1v) is 8.56. The van der Waals surface area contributed by atoms with Crippen molar-refractivity contribution >= 4 is 23.1 Å². The molecule has 0 radical (unpaired) electrons. The minimum atomic E-state index is -0.365. The number of nitrogens with one attached hydrogen (secondary N) is 1. The normalized spacial score (nSPS) is 13.8. The van der Waals surface area contributed by atoms with E-state index in [1.807, 2.05) is 30.3 Å². The number of nitrogens with zero attached hydrogens (tertiary/aromatic N) is 3. The average Bonchev–Trinajstić information content (AvgIpc) is 2.78. The van der Waals surface area contributed by atoms with Crippen LogP contribution in [0, 0.1) is 5.82 Å². The van der Waals surface area contributed by atoms with Gasteiger partial charge >= 0.3 is 0 Å². The number of ether oxygens (including phenoxy) is 1. The number of pyridine rings is 1. The van der Waals surface area contributed by atoms with Crippen LogP contribution in [0.5, 0.6) is 0 Å². The number of anilines is 3. The van der Waals surface area contributed by atoms with Crippen molar-refractivity contribution in [2.75, 3.05) is 49.0 Å². The summed E-state index contributed by atoms with van der Waals surface area (Å²) in [6.07, 6.45) is 2.20. The molecule has 1 aromatic heterocycles. The van der Waals surface area contributed by atoms with Crippen LogP contribution in [0.25, 0.3) is 0 Å². The molecule has 1 N–H and O–H groups in total. The Morgan fingerprint density at radius 1 is 1.35 bits per heavy atom.